The Bertz CT molecular complexity index is 1020. The van der Waals surface area contributed by atoms with Crippen LogP contribution >= 0.6 is 0 Å². The molecule has 4 rings (SSSR count). The molecule has 2 amide bonds. The van der Waals surface area contributed by atoms with Crippen LogP contribution in [0.4, 0.5) is 5.69 Å². The van der Waals surface area contributed by atoms with Crippen LogP contribution in [0.2, 0.25) is 0 Å². The van der Waals surface area contributed by atoms with E-state index >= 15 is 0 Å². The SMILES string of the molecule is CC1CCC2C(=O)N(c3cccc(OS(=O)(=O)c4ccccc4)c3)C(=O)C2C1. The molecule has 3 unspecified atom stereocenters. The van der Waals surface area contributed by atoms with Crippen LogP contribution in [-0.2, 0) is 19.7 Å². The molecule has 2 aromatic rings. The van der Waals surface area contributed by atoms with Gasteiger partial charge in [0.1, 0.15) is 10.6 Å². The van der Waals surface area contributed by atoms with Crippen molar-refractivity contribution in [3.05, 3.63) is 54.6 Å². The van der Waals surface area contributed by atoms with Crippen molar-refractivity contribution in [2.24, 2.45) is 17.8 Å². The third-order valence-electron chi connectivity index (χ3n) is 5.50. The standard InChI is InChI=1S/C21H21NO5S/c1-14-10-11-18-19(12-14)21(24)22(20(18)23)15-6-5-7-16(13-15)27-28(25,26)17-8-3-2-4-9-17/h2-9,13-14,18-19H,10-12H2,1H3. The molecule has 0 N–H and O–H groups in total. The Balaban J connectivity index is 1.61. The molecule has 0 spiro atoms. The number of hydrogen-bond acceptors (Lipinski definition) is 5. The molecule has 28 heavy (non-hydrogen) atoms. The number of carbonyl (C=O) groups excluding carboxylic acids is 2. The number of nitrogens with zero attached hydrogens (tertiary/aromatic N) is 1. The summed E-state index contributed by atoms with van der Waals surface area (Å²) in [5.74, 6) is -0.487. The lowest BCUT2D eigenvalue weighted by Gasteiger charge is -2.25. The van der Waals surface area contributed by atoms with Crippen molar-refractivity contribution >= 4 is 27.6 Å². The first-order valence-corrected chi connectivity index (χ1v) is 10.7. The van der Waals surface area contributed by atoms with Gasteiger partial charge < -0.3 is 4.18 Å². The summed E-state index contributed by atoms with van der Waals surface area (Å²) in [6.45, 7) is 2.10. The monoisotopic (exact) mass is 399 g/mol. The highest BCUT2D eigenvalue weighted by atomic mass is 32.2. The molecule has 1 aliphatic carbocycles. The fourth-order valence-electron chi connectivity index (χ4n) is 4.08. The van der Waals surface area contributed by atoms with Gasteiger partial charge in [-0.25, -0.2) is 4.90 Å². The molecule has 1 heterocycles. The molecule has 7 heteroatoms. The molecule has 146 valence electrons. The van der Waals surface area contributed by atoms with Gasteiger partial charge in [-0.15, -0.1) is 0 Å². The Morgan fingerprint density at radius 1 is 0.929 bits per heavy atom. The quantitative estimate of drug-likeness (QED) is 0.582. The van der Waals surface area contributed by atoms with Crippen molar-refractivity contribution < 1.29 is 22.2 Å². The number of amides is 2. The topological polar surface area (TPSA) is 80.8 Å². The third-order valence-corrected chi connectivity index (χ3v) is 6.76. The first-order valence-electron chi connectivity index (χ1n) is 9.34. The molecule has 0 aromatic heterocycles. The van der Waals surface area contributed by atoms with E-state index in [2.05, 4.69) is 6.92 Å². The minimum Gasteiger partial charge on any atom is -0.379 e. The Morgan fingerprint density at radius 2 is 1.64 bits per heavy atom. The second-order valence-electron chi connectivity index (χ2n) is 7.49. The van der Waals surface area contributed by atoms with Crippen molar-refractivity contribution in [2.45, 2.75) is 31.1 Å². The van der Waals surface area contributed by atoms with Gasteiger partial charge in [-0.1, -0.05) is 31.2 Å². The zero-order valence-electron chi connectivity index (χ0n) is 15.4. The maximum atomic E-state index is 12.9. The van der Waals surface area contributed by atoms with Crippen LogP contribution in [0.3, 0.4) is 0 Å². The average molecular weight is 399 g/mol. The maximum Gasteiger partial charge on any atom is 0.339 e. The van der Waals surface area contributed by atoms with Crippen molar-refractivity contribution in [2.75, 3.05) is 4.90 Å². The van der Waals surface area contributed by atoms with E-state index in [9.17, 15) is 18.0 Å². The van der Waals surface area contributed by atoms with Gasteiger partial charge in [0.25, 0.3) is 0 Å². The fraction of sp³-hybridized carbons (Fsp3) is 0.333. The molecule has 2 fully saturated rings. The summed E-state index contributed by atoms with van der Waals surface area (Å²) in [5.41, 5.74) is 0.345. The van der Waals surface area contributed by atoms with Gasteiger partial charge in [0.2, 0.25) is 11.8 Å². The van der Waals surface area contributed by atoms with E-state index in [1.807, 2.05) is 0 Å². The van der Waals surface area contributed by atoms with E-state index in [0.717, 1.165) is 6.42 Å². The Hall–Kier alpha value is -2.67. The van der Waals surface area contributed by atoms with E-state index in [1.165, 1.54) is 29.2 Å². The van der Waals surface area contributed by atoms with Crippen molar-refractivity contribution in [1.29, 1.82) is 0 Å². The van der Waals surface area contributed by atoms with E-state index < -0.39 is 10.1 Å². The summed E-state index contributed by atoms with van der Waals surface area (Å²) < 4.78 is 30.1. The number of carbonyl (C=O) groups is 2. The maximum absolute atomic E-state index is 12.9. The minimum absolute atomic E-state index is 0.0359. The smallest absolute Gasteiger partial charge is 0.339 e. The lowest BCUT2D eigenvalue weighted by atomic mass is 9.76. The molecule has 1 saturated heterocycles. The van der Waals surface area contributed by atoms with Gasteiger partial charge in [0, 0.05) is 6.07 Å². The molecular weight excluding hydrogens is 378 g/mol. The largest absolute Gasteiger partial charge is 0.379 e. The Morgan fingerprint density at radius 3 is 2.39 bits per heavy atom. The van der Waals surface area contributed by atoms with Gasteiger partial charge >= 0.3 is 10.1 Å². The van der Waals surface area contributed by atoms with Crippen LogP contribution in [-0.4, -0.2) is 20.2 Å². The lowest BCUT2D eigenvalue weighted by molar-refractivity contribution is -0.122. The number of imide groups is 1. The highest BCUT2D eigenvalue weighted by Gasteiger charge is 2.50. The number of benzene rings is 2. The summed E-state index contributed by atoms with van der Waals surface area (Å²) in [4.78, 5) is 26.9. The Labute approximate surface area is 164 Å². The van der Waals surface area contributed by atoms with E-state index in [-0.39, 0.29) is 34.3 Å². The molecule has 0 bridgehead atoms. The van der Waals surface area contributed by atoms with Crippen LogP contribution in [0.15, 0.2) is 59.5 Å². The molecule has 1 aliphatic heterocycles. The summed E-state index contributed by atoms with van der Waals surface area (Å²) in [5, 5.41) is 0. The summed E-state index contributed by atoms with van der Waals surface area (Å²) in [6.07, 6.45) is 2.36. The second-order valence-corrected chi connectivity index (χ2v) is 9.04. The fourth-order valence-corrected chi connectivity index (χ4v) is 5.02. The van der Waals surface area contributed by atoms with Gasteiger partial charge in [0.15, 0.2) is 0 Å². The second kappa shape index (κ2) is 7.05. The average Bonchev–Trinajstić information content (AvgIpc) is 2.92. The first kappa shape index (κ1) is 18.7. The highest BCUT2D eigenvalue weighted by Crippen LogP contribution is 2.42. The molecule has 6 nitrogen and oxygen atoms in total. The zero-order valence-corrected chi connectivity index (χ0v) is 16.3. The van der Waals surface area contributed by atoms with E-state index in [0.29, 0.717) is 24.4 Å². The van der Waals surface area contributed by atoms with Gasteiger partial charge in [0.05, 0.1) is 17.5 Å². The van der Waals surface area contributed by atoms with Crippen molar-refractivity contribution in [1.82, 2.24) is 0 Å². The van der Waals surface area contributed by atoms with E-state index in [1.54, 1.807) is 30.3 Å². The lowest BCUT2D eigenvalue weighted by Crippen LogP contribution is -2.30. The zero-order chi connectivity index (χ0) is 19.9. The Kier molecular flexibility index (Phi) is 4.71. The van der Waals surface area contributed by atoms with Crippen LogP contribution in [0.1, 0.15) is 26.2 Å². The van der Waals surface area contributed by atoms with Crippen LogP contribution in [0.25, 0.3) is 0 Å². The van der Waals surface area contributed by atoms with Crippen LogP contribution < -0.4 is 9.08 Å². The number of anilines is 1. The number of hydrogen-bond donors (Lipinski definition) is 0. The predicted octanol–water partition coefficient (Wildman–Crippen LogP) is 3.38. The van der Waals surface area contributed by atoms with E-state index in [4.69, 9.17) is 4.18 Å². The predicted molar refractivity (Wildman–Crippen MR) is 103 cm³/mol. The van der Waals surface area contributed by atoms with Gasteiger partial charge in [-0.3, -0.25) is 9.59 Å². The minimum atomic E-state index is -4.00. The third kappa shape index (κ3) is 3.30. The molecule has 1 saturated carbocycles. The summed E-state index contributed by atoms with van der Waals surface area (Å²) in [6, 6.07) is 13.9. The molecule has 3 atom stereocenters. The van der Waals surface area contributed by atoms with Gasteiger partial charge in [-0.2, -0.15) is 8.42 Å². The molecular formula is C21H21NO5S. The van der Waals surface area contributed by atoms with Crippen LogP contribution in [0, 0.1) is 17.8 Å². The number of fused-ring (bicyclic) bond motifs is 1. The van der Waals surface area contributed by atoms with Gasteiger partial charge in [-0.05, 0) is 49.4 Å². The summed E-state index contributed by atoms with van der Waals surface area (Å²) >= 11 is 0. The molecule has 2 aromatic carbocycles. The first-order chi connectivity index (χ1) is 13.4. The van der Waals surface area contributed by atoms with Crippen molar-refractivity contribution in [3.63, 3.8) is 0 Å². The summed E-state index contributed by atoms with van der Waals surface area (Å²) in [7, 11) is -4.00. The highest BCUT2D eigenvalue weighted by molar-refractivity contribution is 7.87. The van der Waals surface area contributed by atoms with Crippen LogP contribution in [0.5, 0.6) is 5.75 Å². The van der Waals surface area contributed by atoms with Crippen molar-refractivity contribution in [3.8, 4) is 5.75 Å². The number of rotatable bonds is 4. The normalized spacial score (nSPS) is 24.9. The molecule has 2 aliphatic rings. The molecule has 0 radical (unpaired) electrons.